The van der Waals surface area contributed by atoms with Gasteiger partial charge in [0.25, 0.3) is 5.91 Å². The molecule has 41 heavy (non-hydrogen) atoms. The van der Waals surface area contributed by atoms with Crippen molar-refractivity contribution >= 4 is 17.2 Å². The third kappa shape index (κ3) is 6.17. The molecule has 0 aliphatic heterocycles. The molecule has 0 aliphatic rings. The fraction of sp³-hybridized carbons (Fsp3) is 0.280. The predicted molar refractivity (Wildman–Crippen MR) is 131 cm³/mol. The summed E-state index contributed by atoms with van der Waals surface area (Å²) >= 11 is 0. The minimum absolute atomic E-state index is 0.00837. The van der Waals surface area contributed by atoms with Crippen molar-refractivity contribution in [2.45, 2.75) is 31.4 Å². The van der Waals surface area contributed by atoms with Gasteiger partial charge in [-0.15, -0.1) is 0 Å². The quantitative estimate of drug-likeness (QED) is 0.251. The van der Waals surface area contributed by atoms with Crippen LogP contribution in [0.4, 0.5) is 32.2 Å². The highest BCUT2D eigenvalue weighted by Gasteiger charge is 2.38. The second kappa shape index (κ2) is 11.2. The number of carbonyl (C=O) groups excluding carboxylic acids is 1. The molecule has 1 amide bonds. The Morgan fingerprint density at radius 1 is 1.17 bits per heavy atom. The number of methoxy groups -OCH3 is 1. The van der Waals surface area contributed by atoms with Crippen LogP contribution >= 0.6 is 0 Å². The van der Waals surface area contributed by atoms with Crippen LogP contribution < -0.4 is 15.8 Å². The second-order valence-corrected chi connectivity index (χ2v) is 9.00. The van der Waals surface area contributed by atoms with Gasteiger partial charge in [0.05, 0.1) is 18.4 Å². The van der Waals surface area contributed by atoms with E-state index >= 15 is 0 Å². The average molecular weight is 584 g/mol. The van der Waals surface area contributed by atoms with E-state index in [0.717, 1.165) is 54.3 Å². The zero-order chi connectivity index (χ0) is 30.1. The molecule has 4 N–H and O–H groups in total. The van der Waals surface area contributed by atoms with Crippen LogP contribution in [0.15, 0.2) is 48.9 Å². The van der Waals surface area contributed by atoms with Crippen molar-refractivity contribution in [2.75, 3.05) is 19.4 Å². The first-order valence-corrected chi connectivity index (χ1v) is 11.7. The van der Waals surface area contributed by atoms with E-state index in [1.54, 1.807) is 0 Å². The van der Waals surface area contributed by atoms with Crippen molar-refractivity contribution in [3.05, 3.63) is 71.4 Å². The highest BCUT2D eigenvalue weighted by Crippen LogP contribution is 2.39. The number of halogens is 6. The summed E-state index contributed by atoms with van der Waals surface area (Å²) in [7, 11) is 1.19. The average Bonchev–Trinajstić information content (AvgIpc) is 3.32. The Labute approximate surface area is 227 Å². The zero-order valence-electron chi connectivity index (χ0n) is 21.3. The Balaban J connectivity index is 1.67. The standard InChI is InChI=1S/C25H22F6N6O4/c1-24(39,19(41-23(27)28)12-3-5-14(26)6-4-12)10-34-21(38)15-7-13(9-33-22(15)40-2)17-8-16(25(29,30)31)18-20(32)35-11-36-37(17)18/h3-9,11,19,23,39H,10H2,1-2H3,(H,34,38)(H2,32,35,36). The topological polar surface area (TPSA) is 137 Å². The number of amides is 1. The smallest absolute Gasteiger partial charge is 0.418 e. The maximum absolute atomic E-state index is 13.7. The number of nitrogens with two attached hydrogens (primary N) is 1. The Morgan fingerprint density at radius 3 is 2.46 bits per heavy atom. The van der Waals surface area contributed by atoms with Crippen molar-refractivity contribution in [1.82, 2.24) is 24.9 Å². The van der Waals surface area contributed by atoms with Crippen LogP contribution in [0.3, 0.4) is 0 Å². The number of nitrogens with zero attached hydrogens (tertiary/aromatic N) is 4. The lowest BCUT2D eigenvalue weighted by molar-refractivity contribution is -0.212. The number of alkyl halides is 5. The van der Waals surface area contributed by atoms with Crippen molar-refractivity contribution in [3.63, 3.8) is 0 Å². The lowest BCUT2D eigenvalue weighted by atomic mass is 9.92. The van der Waals surface area contributed by atoms with Gasteiger partial charge in [0.2, 0.25) is 5.88 Å². The maximum atomic E-state index is 13.7. The highest BCUT2D eigenvalue weighted by molar-refractivity contribution is 5.97. The summed E-state index contributed by atoms with van der Waals surface area (Å²) in [6, 6.07) is 6.20. The number of nitrogens with one attached hydrogen (secondary N) is 1. The van der Waals surface area contributed by atoms with Crippen LogP contribution in [-0.2, 0) is 10.9 Å². The molecule has 4 aromatic rings. The Bertz CT molecular complexity index is 1560. The van der Waals surface area contributed by atoms with E-state index < -0.39 is 59.7 Å². The number of anilines is 1. The largest absolute Gasteiger partial charge is 0.480 e. The first-order valence-electron chi connectivity index (χ1n) is 11.7. The predicted octanol–water partition coefficient (Wildman–Crippen LogP) is 4.00. The molecule has 16 heteroatoms. The molecule has 4 rings (SSSR count). The zero-order valence-corrected chi connectivity index (χ0v) is 21.3. The third-order valence-corrected chi connectivity index (χ3v) is 6.06. The van der Waals surface area contributed by atoms with Gasteiger partial charge in [-0.05, 0) is 36.8 Å². The second-order valence-electron chi connectivity index (χ2n) is 9.00. The van der Waals surface area contributed by atoms with E-state index in [4.69, 9.17) is 10.5 Å². The molecule has 2 atom stereocenters. The number of carbonyl (C=O) groups is 1. The van der Waals surface area contributed by atoms with Crippen molar-refractivity contribution < 1.29 is 45.7 Å². The number of benzene rings is 1. The summed E-state index contributed by atoms with van der Waals surface area (Å²) in [6.07, 6.45) is -4.40. The highest BCUT2D eigenvalue weighted by atomic mass is 19.4. The first kappa shape index (κ1) is 29.5. The first-order chi connectivity index (χ1) is 19.2. The lowest BCUT2D eigenvalue weighted by Crippen LogP contribution is -2.46. The molecule has 0 fully saturated rings. The number of fused-ring (bicyclic) bond motifs is 1. The monoisotopic (exact) mass is 584 g/mol. The van der Waals surface area contributed by atoms with Gasteiger partial charge in [-0.3, -0.25) is 4.79 Å². The summed E-state index contributed by atoms with van der Waals surface area (Å²) in [5.41, 5.74) is 1.55. The van der Waals surface area contributed by atoms with Gasteiger partial charge >= 0.3 is 12.8 Å². The van der Waals surface area contributed by atoms with E-state index in [1.807, 2.05) is 0 Å². The molecule has 218 valence electrons. The Hall–Kier alpha value is -4.44. The van der Waals surface area contributed by atoms with Crippen LogP contribution in [0.25, 0.3) is 16.8 Å². The van der Waals surface area contributed by atoms with Gasteiger partial charge in [-0.25, -0.2) is 18.9 Å². The Kier molecular flexibility index (Phi) is 8.08. The molecular weight excluding hydrogens is 562 g/mol. The molecule has 3 aromatic heterocycles. The van der Waals surface area contributed by atoms with Gasteiger partial charge in [0, 0.05) is 18.3 Å². The van der Waals surface area contributed by atoms with Crippen LogP contribution in [0.1, 0.15) is 34.5 Å². The molecule has 0 bridgehead atoms. The molecule has 2 unspecified atom stereocenters. The van der Waals surface area contributed by atoms with Gasteiger partial charge in [-0.2, -0.15) is 27.1 Å². The molecular formula is C25H22F6N6O4. The van der Waals surface area contributed by atoms with Gasteiger partial charge < -0.3 is 25.6 Å². The van der Waals surface area contributed by atoms with E-state index in [0.29, 0.717) is 0 Å². The molecule has 0 radical (unpaired) electrons. The Morgan fingerprint density at radius 2 is 1.85 bits per heavy atom. The minimum Gasteiger partial charge on any atom is -0.480 e. The van der Waals surface area contributed by atoms with Crippen molar-refractivity contribution in [1.29, 1.82) is 0 Å². The number of rotatable bonds is 9. The SMILES string of the molecule is COc1ncc(-c2cc(C(F)(F)F)c3c(N)ncnn23)cc1C(=O)NCC(C)(O)C(OC(F)F)c1ccc(F)cc1. The molecule has 10 nitrogen and oxygen atoms in total. The van der Waals surface area contributed by atoms with Gasteiger partial charge in [-0.1, -0.05) is 12.1 Å². The third-order valence-electron chi connectivity index (χ3n) is 6.06. The lowest BCUT2D eigenvalue weighted by Gasteiger charge is -2.33. The fourth-order valence-corrected chi connectivity index (χ4v) is 4.18. The summed E-state index contributed by atoms with van der Waals surface area (Å²) in [5, 5.41) is 17.2. The fourth-order valence-electron chi connectivity index (χ4n) is 4.18. The summed E-state index contributed by atoms with van der Waals surface area (Å²) < 4.78 is 91.4. The molecule has 0 spiro atoms. The number of ether oxygens (including phenoxy) is 2. The van der Waals surface area contributed by atoms with Crippen molar-refractivity contribution in [2.24, 2.45) is 0 Å². The van der Waals surface area contributed by atoms with Gasteiger partial charge in [0.1, 0.15) is 34.9 Å². The summed E-state index contributed by atoms with van der Waals surface area (Å²) in [4.78, 5) is 20.8. The van der Waals surface area contributed by atoms with E-state index in [-0.39, 0.29) is 28.3 Å². The van der Waals surface area contributed by atoms with E-state index in [2.05, 4.69) is 25.1 Å². The van der Waals surface area contributed by atoms with Crippen LogP contribution in [0.5, 0.6) is 5.88 Å². The minimum atomic E-state index is -4.81. The molecule has 0 saturated heterocycles. The number of aliphatic hydroxyl groups is 1. The van der Waals surface area contributed by atoms with Crippen LogP contribution in [-0.4, -0.2) is 56.5 Å². The summed E-state index contributed by atoms with van der Waals surface area (Å²) in [5.74, 6) is -2.22. The van der Waals surface area contributed by atoms with Crippen molar-refractivity contribution in [3.8, 4) is 17.1 Å². The maximum Gasteiger partial charge on any atom is 0.418 e. The number of hydrogen-bond acceptors (Lipinski definition) is 8. The van der Waals surface area contributed by atoms with E-state index in [1.165, 1.54) is 13.2 Å². The molecule has 3 heterocycles. The number of pyridine rings is 1. The normalized spacial score (nSPS) is 14.2. The molecule has 0 aliphatic carbocycles. The number of nitrogen functional groups attached to an aromatic ring is 1. The van der Waals surface area contributed by atoms with Crippen LogP contribution in [0.2, 0.25) is 0 Å². The van der Waals surface area contributed by atoms with Gasteiger partial charge in [0.15, 0.2) is 5.82 Å². The van der Waals surface area contributed by atoms with E-state index in [9.17, 15) is 36.2 Å². The number of hydrogen-bond donors (Lipinski definition) is 3. The van der Waals surface area contributed by atoms with Crippen LogP contribution in [0, 0.1) is 5.82 Å². The summed E-state index contributed by atoms with van der Waals surface area (Å²) in [6.45, 7) is -2.85. The number of aromatic nitrogens is 4. The molecule has 0 saturated carbocycles. The molecule has 1 aromatic carbocycles.